The van der Waals surface area contributed by atoms with Crippen molar-refractivity contribution >= 4 is 23.2 Å². The molecule has 3 rings (SSSR count). The van der Waals surface area contributed by atoms with Crippen LogP contribution in [0.3, 0.4) is 0 Å². The summed E-state index contributed by atoms with van der Waals surface area (Å²) in [6, 6.07) is 17.8. The lowest BCUT2D eigenvalue weighted by Crippen LogP contribution is -1.88. The second-order valence-electron chi connectivity index (χ2n) is 6.46. The van der Waals surface area contributed by atoms with Gasteiger partial charge in [0, 0.05) is 17.8 Å². The molecular formula is C23H21FN2S. The van der Waals surface area contributed by atoms with Crippen molar-refractivity contribution in [2.24, 2.45) is 4.99 Å². The summed E-state index contributed by atoms with van der Waals surface area (Å²) in [5.74, 6) is -0.153. The predicted molar refractivity (Wildman–Crippen MR) is 113 cm³/mol. The minimum absolute atomic E-state index is 0.224. The first-order valence-electron chi connectivity index (χ1n) is 9.14. The van der Waals surface area contributed by atoms with Gasteiger partial charge < -0.3 is 0 Å². The van der Waals surface area contributed by atoms with Crippen molar-refractivity contribution in [3.63, 3.8) is 0 Å². The van der Waals surface area contributed by atoms with E-state index in [0.29, 0.717) is 5.56 Å². The Kier molecular flexibility index (Phi) is 6.59. The van der Waals surface area contributed by atoms with Crippen molar-refractivity contribution in [3.05, 3.63) is 72.2 Å². The molecule has 0 saturated heterocycles. The smallest absolute Gasteiger partial charge is 0.165 e. The largest absolute Gasteiger partial charge is 0.236 e. The van der Waals surface area contributed by atoms with E-state index in [2.05, 4.69) is 58.5 Å². The van der Waals surface area contributed by atoms with Gasteiger partial charge in [0.1, 0.15) is 5.82 Å². The molecule has 0 aliphatic carbocycles. The maximum absolute atomic E-state index is 14.3. The Morgan fingerprint density at radius 2 is 1.59 bits per heavy atom. The molecule has 3 aromatic rings. The number of hydrogen-bond acceptors (Lipinski definition) is 3. The molecule has 0 aliphatic heterocycles. The fourth-order valence-corrected chi connectivity index (χ4v) is 3.12. The summed E-state index contributed by atoms with van der Waals surface area (Å²) >= 11 is 4.52. The fraction of sp³-hybridized carbons (Fsp3) is 0.217. The van der Waals surface area contributed by atoms with Crippen LogP contribution in [0.25, 0.3) is 22.3 Å². The number of halogens is 1. The predicted octanol–water partition coefficient (Wildman–Crippen LogP) is 7.02. The molecule has 0 unspecified atom stereocenters. The molecule has 27 heavy (non-hydrogen) atoms. The minimum atomic E-state index is -0.377. The Bertz CT molecular complexity index is 943. The standard InChI is InChI=1S/C23H21FN2S/c1-2-3-4-5-17-6-8-18(9-7-17)19-10-12-20(13-11-19)21-15-25-23(26-16-27)14-22(21)24/h6-15H,2-5H2,1H3. The van der Waals surface area contributed by atoms with Gasteiger partial charge in [0.15, 0.2) is 5.82 Å². The summed E-state index contributed by atoms with van der Waals surface area (Å²) in [6.45, 7) is 2.22. The van der Waals surface area contributed by atoms with E-state index < -0.39 is 0 Å². The lowest BCUT2D eigenvalue weighted by molar-refractivity contribution is 0.629. The lowest BCUT2D eigenvalue weighted by Gasteiger charge is -2.07. The number of aryl methyl sites for hydroxylation is 1. The van der Waals surface area contributed by atoms with E-state index in [4.69, 9.17) is 0 Å². The molecule has 0 radical (unpaired) electrons. The van der Waals surface area contributed by atoms with Crippen LogP contribution in [0.2, 0.25) is 0 Å². The van der Waals surface area contributed by atoms with Crippen LogP contribution in [0.4, 0.5) is 10.2 Å². The number of benzene rings is 2. The van der Waals surface area contributed by atoms with Gasteiger partial charge in [0.2, 0.25) is 0 Å². The Hall–Kier alpha value is -2.68. The highest BCUT2D eigenvalue weighted by molar-refractivity contribution is 7.78. The summed E-state index contributed by atoms with van der Waals surface area (Å²) in [7, 11) is 0. The number of isothiocyanates is 1. The number of unbranched alkanes of at least 4 members (excludes halogenated alkanes) is 2. The molecular weight excluding hydrogens is 355 g/mol. The number of rotatable bonds is 7. The number of aromatic nitrogens is 1. The maximum atomic E-state index is 14.3. The molecule has 1 aromatic heterocycles. The van der Waals surface area contributed by atoms with Crippen LogP contribution in [0.1, 0.15) is 31.7 Å². The van der Waals surface area contributed by atoms with E-state index >= 15 is 0 Å². The second kappa shape index (κ2) is 9.31. The monoisotopic (exact) mass is 376 g/mol. The molecule has 0 aliphatic rings. The topological polar surface area (TPSA) is 25.2 Å². The first kappa shape index (κ1) is 19.1. The summed E-state index contributed by atoms with van der Waals surface area (Å²) in [5.41, 5.74) is 4.85. The number of hydrogen-bond donors (Lipinski definition) is 0. The molecule has 0 fully saturated rings. The van der Waals surface area contributed by atoms with Crippen molar-refractivity contribution < 1.29 is 4.39 Å². The quantitative estimate of drug-likeness (QED) is 0.251. The zero-order valence-corrected chi connectivity index (χ0v) is 16.1. The van der Waals surface area contributed by atoms with Crippen molar-refractivity contribution in [2.45, 2.75) is 32.6 Å². The van der Waals surface area contributed by atoms with Crippen LogP contribution < -0.4 is 0 Å². The van der Waals surface area contributed by atoms with Crippen LogP contribution in [0.5, 0.6) is 0 Å². The number of pyridine rings is 1. The van der Waals surface area contributed by atoms with Gasteiger partial charge in [0.25, 0.3) is 0 Å². The molecule has 0 bridgehead atoms. The third-order valence-corrected chi connectivity index (χ3v) is 4.64. The molecule has 0 spiro atoms. The Balaban J connectivity index is 1.76. The third kappa shape index (κ3) is 4.94. The average molecular weight is 376 g/mol. The van der Waals surface area contributed by atoms with Gasteiger partial charge in [-0.2, -0.15) is 4.99 Å². The minimum Gasteiger partial charge on any atom is -0.236 e. The zero-order chi connectivity index (χ0) is 19.1. The Morgan fingerprint density at radius 3 is 2.19 bits per heavy atom. The summed E-state index contributed by atoms with van der Waals surface area (Å²) < 4.78 is 14.3. The van der Waals surface area contributed by atoms with E-state index in [1.165, 1.54) is 37.1 Å². The van der Waals surface area contributed by atoms with Crippen LogP contribution in [0.15, 0.2) is 65.8 Å². The normalized spacial score (nSPS) is 10.4. The molecule has 0 amide bonds. The van der Waals surface area contributed by atoms with E-state index in [1.807, 2.05) is 24.3 Å². The third-order valence-electron chi connectivity index (χ3n) is 4.55. The maximum Gasteiger partial charge on any atom is 0.165 e. The van der Waals surface area contributed by atoms with Crippen molar-refractivity contribution in [1.82, 2.24) is 4.98 Å². The summed E-state index contributed by atoms with van der Waals surface area (Å²) in [4.78, 5) is 7.79. The van der Waals surface area contributed by atoms with Crippen LogP contribution in [-0.2, 0) is 6.42 Å². The van der Waals surface area contributed by atoms with Crippen molar-refractivity contribution in [1.29, 1.82) is 0 Å². The SMILES string of the molecule is CCCCCc1ccc(-c2ccc(-c3cnc(N=C=S)cc3F)cc2)cc1. The van der Waals surface area contributed by atoms with Gasteiger partial charge in [-0.25, -0.2) is 9.37 Å². The molecule has 4 heteroatoms. The van der Waals surface area contributed by atoms with Crippen molar-refractivity contribution in [3.8, 4) is 22.3 Å². The van der Waals surface area contributed by atoms with Gasteiger partial charge in [-0.3, -0.25) is 0 Å². The lowest BCUT2D eigenvalue weighted by atomic mass is 9.99. The van der Waals surface area contributed by atoms with E-state index in [1.54, 1.807) is 0 Å². The van der Waals surface area contributed by atoms with E-state index in [0.717, 1.165) is 23.1 Å². The summed E-state index contributed by atoms with van der Waals surface area (Å²) in [6.07, 6.45) is 6.35. The van der Waals surface area contributed by atoms with Gasteiger partial charge in [-0.1, -0.05) is 68.3 Å². The van der Waals surface area contributed by atoms with Crippen molar-refractivity contribution in [2.75, 3.05) is 0 Å². The molecule has 0 atom stereocenters. The Morgan fingerprint density at radius 1 is 0.963 bits per heavy atom. The average Bonchev–Trinajstić information content (AvgIpc) is 2.69. The number of nitrogens with zero attached hydrogens (tertiary/aromatic N) is 2. The summed E-state index contributed by atoms with van der Waals surface area (Å²) in [5, 5.41) is 2.19. The van der Waals surface area contributed by atoms with Crippen LogP contribution >= 0.6 is 12.2 Å². The molecule has 1 heterocycles. The fourth-order valence-electron chi connectivity index (χ4n) is 3.03. The van der Waals surface area contributed by atoms with E-state index in [-0.39, 0.29) is 11.6 Å². The van der Waals surface area contributed by atoms with Crippen LogP contribution in [0, 0.1) is 5.82 Å². The highest BCUT2D eigenvalue weighted by atomic mass is 32.1. The van der Waals surface area contributed by atoms with Gasteiger partial charge in [0.05, 0.1) is 5.16 Å². The van der Waals surface area contributed by atoms with E-state index in [9.17, 15) is 4.39 Å². The van der Waals surface area contributed by atoms with Gasteiger partial charge >= 0.3 is 0 Å². The highest BCUT2D eigenvalue weighted by Crippen LogP contribution is 2.28. The molecule has 2 aromatic carbocycles. The molecule has 0 saturated carbocycles. The van der Waals surface area contributed by atoms with Gasteiger partial charge in [-0.15, -0.1) is 0 Å². The second-order valence-corrected chi connectivity index (χ2v) is 6.64. The van der Waals surface area contributed by atoms with Crippen LogP contribution in [-0.4, -0.2) is 10.1 Å². The first-order valence-corrected chi connectivity index (χ1v) is 9.55. The molecule has 2 nitrogen and oxygen atoms in total. The molecule has 0 N–H and O–H groups in total. The number of thiocarbonyl (C=S) groups is 1. The highest BCUT2D eigenvalue weighted by Gasteiger charge is 2.08. The van der Waals surface area contributed by atoms with Gasteiger partial charge in [-0.05, 0) is 47.3 Å². The Labute approximate surface area is 164 Å². The number of aliphatic imine (C=N–C) groups is 1. The molecule has 136 valence electrons. The zero-order valence-electron chi connectivity index (χ0n) is 15.3. The first-order chi connectivity index (χ1) is 13.2.